The van der Waals surface area contributed by atoms with Gasteiger partial charge in [-0.3, -0.25) is 4.79 Å². The Morgan fingerprint density at radius 2 is 2.00 bits per heavy atom. The smallest absolute Gasteiger partial charge is 0.274 e. The number of nitrogens with zero attached hydrogens (tertiary/aromatic N) is 4. The Labute approximate surface area is 199 Å². The third-order valence-electron chi connectivity index (χ3n) is 5.89. The van der Waals surface area contributed by atoms with E-state index in [-0.39, 0.29) is 35.2 Å². The van der Waals surface area contributed by atoms with Crippen LogP contribution in [0, 0.1) is 18.6 Å². The van der Waals surface area contributed by atoms with Crippen molar-refractivity contribution >= 4 is 17.2 Å². The lowest BCUT2D eigenvalue weighted by Crippen LogP contribution is -2.45. The number of carbonyl (C=O) groups excluding carboxylic acids is 1. The molecule has 0 N–H and O–H groups in total. The van der Waals surface area contributed by atoms with Gasteiger partial charge in [-0.05, 0) is 50.5 Å². The Hall–Kier alpha value is -3.46. The number of hydrogen-bond acceptors (Lipinski definition) is 6. The molecule has 4 aromatic rings. The second kappa shape index (κ2) is 9.42. The summed E-state index contributed by atoms with van der Waals surface area (Å²) < 4.78 is 33.8. The van der Waals surface area contributed by atoms with Gasteiger partial charge in [0.1, 0.15) is 17.3 Å². The van der Waals surface area contributed by atoms with Gasteiger partial charge in [-0.15, -0.1) is 21.5 Å². The Morgan fingerprint density at radius 3 is 2.82 bits per heavy atom. The molecule has 0 aliphatic carbocycles. The van der Waals surface area contributed by atoms with Crippen molar-refractivity contribution in [3.05, 3.63) is 76.8 Å². The van der Waals surface area contributed by atoms with Gasteiger partial charge in [-0.1, -0.05) is 24.3 Å². The van der Waals surface area contributed by atoms with Crippen LogP contribution in [0.2, 0.25) is 0 Å². The lowest BCUT2D eigenvalue weighted by Gasteiger charge is -2.35. The van der Waals surface area contributed by atoms with Gasteiger partial charge in [0, 0.05) is 30.1 Å². The monoisotopic (exact) mass is 480 g/mol. The minimum atomic E-state index is -0.384. The maximum Gasteiger partial charge on any atom is 0.274 e. The van der Waals surface area contributed by atoms with Crippen LogP contribution >= 0.6 is 11.3 Å². The first-order valence-electron chi connectivity index (χ1n) is 11.1. The average molecular weight is 481 g/mol. The summed E-state index contributed by atoms with van der Waals surface area (Å²) in [4.78, 5) is 20.4. The van der Waals surface area contributed by atoms with E-state index in [9.17, 15) is 13.6 Å². The summed E-state index contributed by atoms with van der Waals surface area (Å²) in [6, 6.07) is 12.2. The maximum atomic E-state index is 14.5. The summed E-state index contributed by atoms with van der Waals surface area (Å²) in [5.74, 6) is -0.373. The molecule has 0 radical (unpaired) electrons. The van der Waals surface area contributed by atoms with Crippen LogP contribution in [0.5, 0.6) is 0 Å². The Bertz CT molecular complexity index is 1340. The quantitative estimate of drug-likeness (QED) is 0.367. The number of likely N-dealkylation sites (tertiary alicyclic amines) is 1. The van der Waals surface area contributed by atoms with Crippen molar-refractivity contribution in [3.8, 4) is 21.9 Å². The van der Waals surface area contributed by atoms with Crippen LogP contribution < -0.4 is 0 Å². The first kappa shape index (κ1) is 22.3. The normalized spacial score (nSPS) is 16.1. The molecule has 9 heteroatoms. The molecule has 0 saturated carbocycles. The number of piperidine rings is 1. The van der Waals surface area contributed by atoms with E-state index >= 15 is 0 Å². The van der Waals surface area contributed by atoms with Crippen LogP contribution in [0.3, 0.4) is 0 Å². The molecule has 2 aromatic heterocycles. The number of carbonyl (C=O) groups is 1. The Balaban J connectivity index is 1.40. The number of aromatic nitrogens is 3. The van der Waals surface area contributed by atoms with Gasteiger partial charge in [-0.25, -0.2) is 13.8 Å². The van der Waals surface area contributed by atoms with Crippen molar-refractivity contribution in [1.29, 1.82) is 0 Å². The molecule has 1 fully saturated rings. The van der Waals surface area contributed by atoms with Crippen molar-refractivity contribution in [2.75, 3.05) is 6.54 Å². The van der Waals surface area contributed by atoms with Gasteiger partial charge in [0.05, 0.1) is 9.88 Å². The van der Waals surface area contributed by atoms with Gasteiger partial charge in [-0.2, -0.15) is 0 Å². The van der Waals surface area contributed by atoms with E-state index in [4.69, 9.17) is 4.42 Å². The molecule has 0 bridgehead atoms. The summed E-state index contributed by atoms with van der Waals surface area (Å²) in [5, 5.41) is 8.87. The number of amides is 1. The maximum absolute atomic E-state index is 14.5. The number of halogens is 2. The van der Waals surface area contributed by atoms with Gasteiger partial charge in [0.25, 0.3) is 5.91 Å². The fourth-order valence-corrected chi connectivity index (χ4v) is 5.23. The van der Waals surface area contributed by atoms with Crippen LogP contribution in [0.4, 0.5) is 8.78 Å². The third-order valence-corrected chi connectivity index (χ3v) is 6.90. The molecule has 1 saturated heterocycles. The highest BCUT2D eigenvalue weighted by atomic mass is 32.1. The van der Waals surface area contributed by atoms with Crippen molar-refractivity contribution in [2.24, 2.45) is 0 Å². The average Bonchev–Trinajstić information content (AvgIpc) is 3.46. The molecule has 1 amide bonds. The van der Waals surface area contributed by atoms with Crippen molar-refractivity contribution in [3.63, 3.8) is 0 Å². The van der Waals surface area contributed by atoms with Crippen molar-refractivity contribution in [2.45, 2.75) is 38.6 Å². The molecule has 0 spiro atoms. The highest BCUT2D eigenvalue weighted by Gasteiger charge is 2.32. The van der Waals surface area contributed by atoms with E-state index in [0.29, 0.717) is 39.9 Å². The third kappa shape index (κ3) is 4.48. The minimum Gasteiger partial charge on any atom is -0.421 e. The zero-order valence-corrected chi connectivity index (χ0v) is 19.3. The number of benzene rings is 2. The van der Waals surface area contributed by atoms with Crippen LogP contribution in [0.25, 0.3) is 21.9 Å². The predicted octanol–water partition coefficient (Wildman–Crippen LogP) is 5.68. The SMILES string of the molecule is Cc1nc(C(=O)N2CCCCC2Cc2nnc(-c3cccc(F)c3)o2)c(-c2ccccc2F)s1. The summed E-state index contributed by atoms with van der Waals surface area (Å²) in [6.45, 7) is 2.38. The van der Waals surface area contributed by atoms with Gasteiger partial charge >= 0.3 is 0 Å². The lowest BCUT2D eigenvalue weighted by molar-refractivity contribution is 0.0601. The minimum absolute atomic E-state index is 0.155. The van der Waals surface area contributed by atoms with Crippen LogP contribution in [0.15, 0.2) is 52.9 Å². The van der Waals surface area contributed by atoms with Gasteiger partial charge in [0.2, 0.25) is 11.8 Å². The second-order valence-electron chi connectivity index (χ2n) is 8.25. The number of thiazole rings is 1. The van der Waals surface area contributed by atoms with Crippen LogP contribution in [-0.2, 0) is 6.42 Å². The van der Waals surface area contributed by atoms with E-state index in [1.807, 2.05) is 6.92 Å². The van der Waals surface area contributed by atoms with Crippen LogP contribution in [0.1, 0.15) is 40.6 Å². The highest BCUT2D eigenvalue weighted by Crippen LogP contribution is 2.34. The molecule has 34 heavy (non-hydrogen) atoms. The van der Waals surface area contributed by atoms with Crippen molar-refractivity contribution < 1.29 is 18.0 Å². The molecule has 1 atom stereocenters. The zero-order chi connectivity index (χ0) is 23.7. The molecule has 6 nitrogen and oxygen atoms in total. The molecule has 1 aliphatic rings. The highest BCUT2D eigenvalue weighted by molar-refractivity contribution is 7.15. The topological polar surface area (TPSA) is 72.1 Å². The predicted molar refractivity (Wildman–Crippen MR) is 124 cm³/mol. The second-order valence-corrected chi connectivity index (χ2v) is 9.46. The first-order chi connectivity index (χ1) is 16.5. The standard InChI is InChI=1S/C25H22F2N4O2S/c1-15-28-22(23(34-15)19-10-2-3-11-20(19)27)25(32)31-12-5-4-9-18(31)14-21-29-30-24(33-21)16-7-6-8-17(26)13-16/h2-3,6-8,10-11,13,18H,4-5,9,12,14H2,1H3. The zero-order valence-electron chi connectivity index (χ0n) is 18.5. The number of rotatable bonds is 5. The Morgan fingerprint density at radius 1 is 1.15 bits per heavy atom. The molecule has 5 rings (SSSR count). The molecule has 3 heterocycles. The number of hydrogen-bond donors (Lipinski definition) is 0. The number of aryl methyl sites for hydroxylation is 1. The summed E-state index contributed by atoms with van der Waals surface area (Å²) in [7, 11) is 0. The molecule has 2 aromatic carbocycles. The van der Waals surface area contributed by atoms with Gasteiger partial charge in [0.15, 0.2) is 0 Å². The first-order valence-corrected chi connectivity index (χ1v) is 11.9. The van der Waals surface area contributed by atoms with E-state index in [0.717, 1.165) is 19.3 Å². The fraction of sp³-hybridized carbons (Fsp3) is 0.280. The largest absolute Gasteiger partial charge is 0.421 e. The van der Waals surface area contributed by atoms with E-state index in [2.05, 4.69) is 15.2 Å². The van der Waals surface area contributed by atoms with E-state index in [1.54, 1.807) is 35.2 Å². The fourth-order valence-electron chi connectivity index (χ4n) is 4.29. The molecular formula is C25H22F2N4O2S. The van der Waals surface area contributed by atoms with E-state index < -0.39 is 0 Å². The summed E-state index contributed by atoms with van der Waals surface area (Å²) in [6.07, 6.45) is 3.00. The molecule has 174 valence electrons. The molecular weight excluding hydrogens is 458 g/mol. The van der Waals surface area contributed by atoms with Crippen molar-refractivity contribution in [1.82, 2.24) is 20.1 Å². The molecule has 1 unspecified atom stereocenters. The summed E-state index contributed by atoms with van der Waals surface area (Å²) in [5.41, 5.74) is 1.15. The van der Waals surface area contributed by atoms with Crippen LogP contribution in [-0.4, -0.2) is 38.6 Å². The van der Waals surface area contributed by atoms with Gasteiger partial charge < -0.3 is 9.32 Å². The lowest BCUT2D eigenvalue weighted by atomic mass is 9.98. The Kier molecular flexibility index (Phi) is 6.19. The summed E-state index contributed by atoms with van der Waals surface area (Å²) >= 11 is 1.31. The van der Waals surface area contributed by atoms with E-state index in [1.165, 1.54) is 29.5 Å². The molecule has 1 aliphatic heterocycles.